The zero-order valence-electron chi connectivity index (χ0n) is 25.8. The van der Waals surface area contributed by atoms with Gasteiger partial charge in [-0.25, -0.2) is 19.3 Å². The highest BCUT2D eigenvalue weighted by molar-refractivity contribution is 5.89. The Labute approximate surface area is 268 Å². The number of allylic oxidation sites excluding steroid dienone is 2. The number of benzene rings is 3. The summed E-state index contributed by atoms with van der Waals surface area (Å²) in [6.07, 6.45) is 6.79. The Bertz CT molecular complexity index is 2150. The van der Waals surface area contributed by atoms with E-state index in [1.807, 2.05) is 49.3 Å². The van der Waals surface area contributed by atoms with Gasteiger partial charge in [-0.2, -0.15) is 0 Å². The number of hydrogen-bond acceptors (Lipinski definition) is 8. The minimum absolute atomic E-state index is 0.0402. The molecule has 0 atom stereocenters. The van der Waals surface area contributed by atoms with Crippen LogP contribution in [0.4, 0.5) is 5.69 Å². The van der Waals surface area contributed by atoms with Crippen LogP contribution < -0.4 is 16.0 Å². The number of H-pyrrole nitrogens is 1. The molecule has 0 unspecified atom stereocenters. The Hall–Kier alpha value is -5.75. The van der Waals surface area contributed by atoms with Gasteiger partial charge in [0.2, 0.25) is 0 Å². The third-order valence-corrected chi connectivity index (χ3v) is 7.57. The van der Waals surface area contributed by atoms with Gasteiger partial charge in [-0.15, -0.1) is 5.73 Å². The topological polar surface area (TPSA) is 159 Å². The quantitative estimate of drug-likeness (QED) is 0.0644. The molecule has 0 aliphatic heterocycles. The van der Waals surface area contributed by atoms with Gasteiger partial charge in [0.1, 0.15) is 18.9 Å². The summed E-state index contributed by atoms with van der Waals surface area (Å²) in [7, 11) is 3.93. The van der Waals surface area contributed by atoms with Gasteiger partial charge in [0, 0.05) is 19.8 Å². The molecule has 4 N–H and O–H groups in total. The number of aryl methyl sites for hydroxylation is 1. The smallest absolute Gasteiger partial charge is 0.335 e. The number of carboxylic acids is 1. The summed E-state index contributed by atoms with van der Waals surface area (Å²) in [5.41, 5.74) is 6.11. The fraction of sp³-hybridized carbons (Fsp3) is 0.143. The van der Waals surface area contributed by atoms with Gasteiger partial charge < -0.3 is 10.0 Å². The zero-order valence-corrected chi connectivity index (χ0v) is 25.8. The van der Waals surface area contributed by atoms with E-state index in [1.165, 1.54) is 33.5 Å². The largest absolute Gasteiger partial charge is 0.478 e. The Kier molecular flexibility index (Phi) is 9.81. The summed E-state index contributed by atoms with van der Waals surface area (Å²) in [4.78, 5) is 50.5. The first kappa shape index (κ1) is 32.6. The van der Waals surface area contributed by atoms with E-state index in [1.54, 1.807) is 43.3 Å². The Morgan fingerprint density at radius 2 is 1.60 bits per heavy atom. The molecule has 2 heterocycles. The fourth-order valence-corrected chi connectivity index (χ4v) is 5.17. The van der Waals surface area contributed by atoms with Gasteiger partial charge in [-0.05, 0) is 83.8 Å². The number of fused-ring (bicyclic) bond motifs is 1. The lowest BCUT2D eigenvalue weighted by molar-refractivity contribution is -0.253. The predicted octanol–water partition coefficient (Wildman–Crippen LogP) is 5.40. The van der Waals surface area contributed by atoms with Gasteiger partial charge in [0.25, 0.3) is 11.1 Å². The van der Waals surface area contributed by atoms with Crippen molar-refractivity contribution in [1.82, 2.24) is 14.3 Å². The average Bonchev–Trinajstić information content (AvgIpc) is 3.39. The van der Waals surface area contributed by atoms with E-state index in [-0.39, 0.29) is 46.6 Å². The summed E-state index contributed by atoms with van der Waals surface area (Å²) in [5, 5.41) is 30.8. The molecule has 0 aliphatic carbocycles. The van der Waals surface area contributed by atoms with Crippen LogP contribution in [0.2, 0.25) is 0 Å². The summed E-state index contributed by atoms with van der Waals surface area (Å²) >= 11 is 0. The van der Waals surface area contributed by atoms with E-state index >= 15 is 0 Å². The molecule has 47 heavy (non-hydrogen) atoms. The molecule has 0 amide bonds. The monoisotopic (exact) mass is 636 g/mol. The van der Waals surface area contributed by atoms with Crippen molar-refractivity contribution in [3.8, 4) is 11.4 Å². The molecule has 0 spiro atoms. The molecule has 12 nitrogen and oxygen atoms in total. The van der Waals surface area contributed by atoms with Crippen LogP contribution in [0.5, 0.6) is 0 Å². The maximum Gasteiger partial charge on any atom is 0.335 e. The highest BCUT2D eigenvalue weighted by atomic mass is 17.1. The lowest BCUT2D eigenvalue weighted by atomic mass is 10.1. The summed E-state index contributed by atoms with van der Waals surface area (Å²) < 4.78 is 2.49. The highest BCUT2D eigenvalue weighted by Crippen LogP contribution is 2.23. The molecule has 0 saturated carbocycles. The molecule has 5 rings (SSSR count). The van der Waals surface area contributed by atoms with E-state index in [0.717, 1.165) is 11.3 Å². The summed E-state index contributed by atoms with van der Waals surface area (Å²) in [6, 6.07) is 18.7. The molecule has 0 aliphatic rings. The van der Waals surface area contributed by atoms with Gasteiger partial charge in [0.15, 0.2) is 0 Å². The third kappa shape index (κ3) is 6.92. The lowest BCUT2D eigenvalue weighted by Crippen LogP contribution is -2.24. The van der Waals surface area contributed by atoms with E-state index in [4.69, 9.17) is 10.5 Å². The van der Waals surface area contributed by atoms with Crippen molar-refractivity contribution < 1.29 is 30.2 Å². The number of nitrogens with one attached hydrogen (secondary N) is 1. The fourth-order valence-electron chi connectivity index (χ4n) is 5.17. The molecule has 5 aromatic rings. The van der Waals surface area contributed by atoms with Crippen molar-refractivity contribution in [3.05, 3.63) is 139 Å². The first-order valence-electron chi connectivity index (χ1n) is 14.4. The normalized spacial score (nSPS) is 11.2. The third-order valence-electron chi connectivity index (χ3n) is 7.57. The minimum Gasteiger partial charge on any atom is -0.478 e. The van der Waals surface area contributed by atoms with Crippen molar-refractivity contribution >= 4 is 34.8 Å². The van der Waals surface area contributed by atoms with Crippen LogP contribution in [-0.4, -0.2) is 50.0 Å². The lowest BCUT2D eigenvalue weighted by Gasteiger charge is -2.13. The summed E-state index contributed by atoms with van der Waals surface area (Å²) in [5.74, 6) is -1.26. The van der Waals surface area contributed by atoms with Crippen molar-refractivity contribution in [1.29, 1.82) is 0 Å². The van der Waals surface area contributed by atoms with Gasteiger partial charge in [-0.3, -0.25) is 29.8 Å². The van der Waals surface area contributed by atoms with Crippen molar-refractivity contribution in [2.45, 2.75) is 20.1 Å². The zero-order chi connectivity index (χ0) is 33.7. The van der Waals surface area contributed by atoms with Crippen molar-refractivity contribution in [2.24, 2.45) is 0 Å². The Morgan fingerprint density at radius 3 is 2.23 bits per heavy atom. The SMILES string of the molecule is Cc1c(C=C=C/C=C/c2ccc(N(C)C)cc2)c(=O)n(-c2cc(COO)cc(C(=O)O)c2)c2[nH]n(-c3ccc(COO)cc3)c(=O)c12. The van der Waals surface area contributed by atoms with Crippen LogP contribution in [0.1, 0.15) is 38.2 Å². The van der Waals surface area contributed by atoms with Crippen LogP contribution in [0.25, 0.3) is 34.6 Å². The van der Waals surface area contributed by atoms with Gasteiger partial charge in [-0.1, -0.05) is 36.4 Å². The number of anilines is 1. The Morgan fingerprint density at radius 1 is 0.915 bits per heavy atom. The second-order valence-electron chi connectivity index (χ2n) is 10.9. The number of carboxylic acid groups (broad SMARTS) is 1. The van der Waals surface area contributed by atoms with Gasteiger partial charge in [0.05, 0.1) is 27.9 Å². The molecule has 12 heteroatoms. The maximum atomic E-state index is 14.2. The molecular weight excluding hydrogens is 604 g/mol. The van der Waals surface area contributed by atoms with E-state index in [2.05, 4.69) is 20.6 Å². The second kappa shape index (κ2) is 14.1. The van der Waals surface area contributed by atoms with Crippen molar-refractivity contribution in [2.75, 3.05) is 19.0 Å². The number of carbonyl (C=O) groups is 1. The molecule has 0 fully saturated rings. The number of pyridine rings is 1. The Balaban J connectivity index is 1.69. The van der Waals surface area contributed by atoms with Crippen LogP contribution in [-0.2, 0) is 23.0 Å². The first-order valence-corrected chi connectivity index (χ1v) is 14.4. The number of aromatic amines is 1. The average molecular weight is 637 g/mol. The maximum absolute atomic E-state index is 14.2. The molecule has 3 aromatic carbocycles. The summed E-state index contributed by atoms with van der Waals surface area (Å²) in [6.45, 7) is 1.28. The van der Waals surface area contributed by atoms with Crippen LogP contribution in [0.15, 0.2) is 94.2 Å². The predicted molar refractivity (Wildman–Crippen MR) is 178 cm³/mol. The highest BCUT2D eigenvalue weighted by Gasteiger charge is 2.22. The standard InChI is InChI=1S/C35H32N4O8/c1-22-30(8-6-4-5-7-23-9-13-27(14-10-23)37(2)3)33(40)38(29-18-25(21-47-45)17-26(19-29)35(42)43)32-31(22)34(41)39(36-32)28-15-11-24(12-16-28)20-46-44/h4-5,7-19,36,44-45H,20-21H2,1-3H3,(H,42,43)/b7-5+. The second-order valence-corrected chi connectivity index (χ2v) is 10.9. The molecular formula is C35H32N4O8. The van der Waals surface area contributed by atoms with Crippen LogP contribution in [0, 0.1) is 6.92 Å². The van der Waals surface area contributed by atoms with E-state index < -0.39 is 17.1 Å². The number of aromatic carboxylic acids is 1. The van der Waals surface area contributed by atoms with Crippen LogP contribution in [0.3, 0.4) is 0 Å². The molecule has 2 aromatic heterocycles. The minimum atomic E-state index is -1.26. The number of nitrogens with zero attached hydrogens (tertiary/aromatic N) is 3. The van der Waals surface area contributed by atoms with Gasteiger partial charge >= 0.3 is 5.97 Å². The van der Waals surface area contributed by atoms with E-state index in [0.29, 0.717) is 16.8 Å². The number of aromatic nitrogens is 3. The number of rotatable bonds is 11. The van der Waals surface area contributed by atoms with Crippen LogP contribution >= 0.6 is 0 Å². The number of hydrogen-bond donors (Lipinski definition) is 4. The molecule has 240 valence electrons. The first-order chi connectivity index (χ1) is 22.6. The molecule has 0 bridgehead atoms. The molecule has 0 saturated heterocycles. The van der Waals surface area contributed by atoms with Crippen molar-refractivity contribution in [3.63, 3.8) is 0 Å². The molecule has 0 radical (unpaired) electrons. The van der Waals surface area contributed by atoms with E-state index in [9.17, 15) is 19.5 Å².